The first-order valence-corrected chi connectivity index (χ1v) is 6.93. The highest BCUT2D eigenvalue weighted by atomic mass is 19.4. The van der Waals surface area contributed by atoms with Gasteiger partial charge in [0, 0.05) is 36.6 Å². The van der Waals surface area contributed by atoms with Crippen molar-refractivity contribution in [2.75, 3.05) is 5.32 Å². The number of rotatable bonds is 4. The van der Waals surface area contributed by atoms with Gasteiger partial charge in [0.05, 0.1) is 0 Å². The van der Waals surface area contributed by atoms with Crippen LogP contribution in [-0.4, -0.2) is 29.4 Å². The summed E-state index contributed by atoms with van der Waals surface area (Å²) in [5.74, 6) is 0.898. The van der Waals surface area contributed by atoms with Gasteiger partial charge in [-0.05, 0) is 13.8 Å². The summed E-state index contributed by atoms with van der Waals surface area (Å²) < 4.78 is 41.9. The first-order valence-electron chi connectivity index (χ1n) is 6.93. The van der Waals surface area contributed by atoms with Crippen molar-refractivity contribution in [2.45, 2.75) is 33.1 Å². The van der Waals surface area contributed by atoms with Crippen LogP contribution in [0, 0.1) is 6.92 Å². The fourth-order valence-electron chi connectivity index (χ4n) is 2.23. The number of aryl methyl sites for hydroxylation is 2. The van der Waals surface area contributed by atoms with Gasteiger partial charge >= 0.3 is 6.18 Å². The summed E-state index contributed by atoms with van der Waals surface area (Å²) in [5.41, 5.74) is -0.122. The zero-order valence-corrected chi connectivity index (χ0v) is 12.5. The van der Waals surface area contributed by atoms with Crippen molar-refractivity contribution in [1.29, 1.82) is 0 Å². The van der Waals surface area contributed by atoms with E-state index < -0.39 is 11.9 Å². The molecule has 0 radical (unpaired) electrons. The molecule has 3 aromatic rings. The Kier molecular flexibility index (Phi) is 3.66. The van der Waals surface area contributed by atoms with Crippen LogP contribution >= 0.6 is 0 Å². The maximum Gasteiger partial charge on any atom is 0.435 e. The van der Waals surface area contributed by atoms with E-state index in [1.165, 1.54) is 21.7 Å². The number of nitrogens with one attached hydrogen (secondary N) is 1. The molecule has 0 aliphatic heterocycles. The van der Waals surface area contributed by atoms with E-state index in [1.54, 1.807) is 19.9 Å². The second-order valence-corrected chi connectivity index (χ2v) is 4.96. The van der Waals surface area contributed by atoms with Crippen molar-refractivity contribution >= 4 is 11.6 Å². The van der Waals surface area contributed by atoms with Crippen molar-refractivity contribution in [3.8, 4) is 0 Å². The molecular formula is C13H14F3N7. The molecule has 7 nitrogen and oxygen atoms in total. The van der Waals surface area contributed by atoms with E-state index in [0.29, 0.717) is 23.8 Å². The summed E-state index contributed by atoms with van der Waals surface area (Å²) in [6, 6.07) is 1.69. The van der Waals surface area contributed by atoms with Gasteiger partial charge in [0.25, 0.3) is 5.78 Å². The zero-order valence-electron chi connectivity index (χ0n) is 12.5. The SMILES string of the molecule is CCn1cc(CNc2cc(C)nc3ncnn23)c(C(F)(F)F)n1. The quantitative estimate of drug-likeness (QED) is 0.797. The minimum atomic E-state index is -4.49. The van der Waals surface area contributed by atoms with Crippen LogP contribution in [0.3, 0.4) is 0 Å². The summed E-state index contributed by atoms with van der Waals surface area (Å²) in [4.78, 5) is 8.15. The lowest BCUT2D eigenvalue weighted by Crippen LogP contribution is -2.13. The standard InChI is InChI=1S/C13H14F3N7/c1-3-22-6-9(11(21-22)13(14,15)16)5-17-10-4-8(2)20-12-18-7-19-23(10)12/h4,6-7,17H,3,5H2,1-2H3. The minimum absolute atomic E-state index is 0.0345. The molecule has 3 rings (SSSR count). The van der Waals surface area contributed by atoms with Crippen LogP contribution in [0.5, 0.6) is 0 Å². The molecule has 0 aliphatic carbocycles. The Morgan fingerprint density at radius 1 is 1.30 bits per heavy atom. The number of hydrogen-bond donors (Lipinski definition) is 1. The van der Waals surface area contributed by atoms with Crippen LogP contribution in [-0.2, 0) is 19.3 Å². The third-order valence-electron chi connectivity index (χ3n) is 3.27. The second kappa shape index (κ2) is 5.52. The second-order valence-electron chi connectivity index (χ2n) is 4.96. The minimum Gasteiger partial charge on any atom is -0.366 e. The summed E-state index contributed by atoms with van der Waals surface area (Å²) in [5, 5.41) is 10.5. The number of halogens is 3. The number of fused-ring (bicyclic) bond motifs is 1. The zero-order chi connectivity index (χ0) is 16.6. The Hall–Kier alpha value is -2.65. The van der Waals surface area contributed by atoms with Crippen LogP contribution < -0.4 is 5.32 Å². The van der Waals surface area contributed by atoms with Crippen LogP contribution in [0.2, 0.25) is 0 Å². The third kappa shape index (κ3) is 2.96. The molecule has 0 bridgehead atoms. The fourth-order valence-corrected chi connectivity index (χ4v) is 2.23. The molecule has 3 heterocycles. The van der Waals surface area contributed by atoms with Crippen molar-refractivity contribution in [2.24, 2.45) is 0 Å². The van der Waals surface area contributed by atoms with E-state index >= 15 is 0 Å². The van der Waals surface area contributed by atoms with Gasteiger partial charge in [-0.25, -0.2) is 4.98 Å². The molecule has 0 aromatic carbocycles. The van der Waals surface area contributed by atoms with Crippen molar-refractivity contribution in [3.63, 3.8) is 0 Å². The summed E-state index contributed by atoms with van der Waals surface area (Å²) >= 11 is 0. The van der Waals surface area contributed by atoms with Crippen LogP contribution in [0.15, 0.2) is 18.6 Å². The maximum absolute atomic E-state index is 13.1. The predicted octanol–water partition coefficient (Wildman–Crippen LogP) is 2.28. The van der Waals surface area contributed by atoms with Crippen molar-refractivity contribution < 1.29 is 13.2 Å². The lowest BCUT2D eigenvalue weighted by Gasteiger charge is -2.09. The average Bonchev–Trinajstić information content (AvgIpc) is 3.09. The molecule has 0 unspecified atom stereocenters. The molecule has 0 atom stereocenters. The highest BCUT2D eigenvalue weighted by Crippen LogP contribution is 2.31. The van der Waals surface area contributed by atoms with Crippen molar-refractivity contribution in [1.82, 2.24) is 29.4 Å². The molecule has 122 valence electrons. The summed E-state index contributed by atoms with van der Waals surface area (Å²) in [6.45, 7) is 3.84. The topological polar surface area (TPSA) is 72.9 Å². The van der Waals surface area contributed by atoms with Gasteiger partial charge in [0.1, 0.15) is 12.1 Å². The van der Waals surface area contributed by atoms with E-state index in [4.69, 9.17) is 0 Å². The van der Waals surface area contributed by atoms with Gasteiger partial charge in [0.15, 0.2) is 5.69 Å². The molecule has 0 amide bonds. The van der Waals surface area contributed by atoms with Crippen LogP contribution in [0.4, 0.5) is 19.0 Å². The van der Waals surface area contributed by atoms with E-state index in [0.717, 1.165) is 0 Å². The molecule has 3 aromatic heterocycles. The molecule has 0 aliphatic rings. The number of hydrogen-bond acceptors (Lipinski definition) is 5. The lowest BCUT2D eigenvalue weighted by molar-refractivity contribution is -0.142. The molecule has 10 heteroatoms. The third-order valence-corrected chi connectivity index (χ3v) is 3.27. The van der Waals surface area contributed by atoms with E-state index in [9.17, 15) is 13.2 Å². The van der Waals surface area contributed by atoms with Gasteiger partial charge in [-0.2, -0.15) is 32.9 Å². The van der Waals surface area contributed by atoms with E-state index in [1.807, 2.05) is 0 Å². The highest BCUT2D eigenvalue weighted by molar-refractivity contribution is 5.45. The average molecular weight is 325 g/mol. The Bertz CT molecular complexity index is 834. The molecule has 23 heavy (non-hydrogen) atoms. The Labute approximate surface area is 129 Å². The monoisotopic (exact) mass is 325 g/mol. The molecule has 0 saturated carbocycles. The molecule has 0 fully saturated rings. The van der Waals surface area contributed by atoms with Gasteiger partial charge in [-0.15, -0.1) is 0 Å². The summed E-state index contributed by atoms with van der Waals surface area (Å²) in [6.07, 6.45) is -1.76. The first kappa shape index (κ1) is 15.3. The molecule has 0 spiro atoms. The fraction of sp³-hybridized carbons (Fsp3) is 0.385. The van der Waals surface area contributed by atoms with Crippen molar-refractivity contribution in [3.05, 3.63) is 35.5 Å². The van der Waals surface area contributed by atoms with Gasteiger partial charge in [-0.3, -0.25) is 4.68 Å². The molecular weight excluding hydrogens is 311 g/mol. The Balaban J connectivity index is 1.91. The number of aromatic nitrogens is 6. The van der Waals surface area contributed by atoms with Crippen LogP contribution in [0.25, 0.3) is 5.78 Å². The number of anilines is 1. The van der Waals surface area contributed by atoms with E-state index in [-0.39, 0.29) is 12.1 Å². The lowest BCUT2D eigenvalue weighted by atomic mass is 10.2. The number of alkyl halides is 3. The molecule has 1 N–H and O–H groups in total. The number of nitrogens with zero attached hydrogens (tertiary/aromatic N) is 6. The van der Waals surface area contributed by atoms with Crippen LogP contribution in [0.1, 0.15) is 23.9 Å². The van der Waals surface area contributed by atoms with Gasteiger partial charge in [-0.1, -0.05) is 0 Å². The summed E-state index contributed by atoms with van der Waals surface area (Å²) in [7, 11) is 0. The maximum atomic E-state index is 13.1. The normalized spacial score (nSPS) is 12.0. The largest absolute Gasteiger partial charge is 0.435 e. The smallest absolute Gasteiger partial charge is 0.366 e. The molecule has 0 saturated heterocycles. The predicted molar refractivity (Wildman–Crippen MR) is 75.7 cm³/mol. The first-order chi connectivity index (χ1) is 10.9. The van der Waals surface area contributed by atoms with Gasteiger partial charge in [0.2, 0.25) is 0 Å². The van der Waals surface area contributed by atoms with Gasteiger partial charge < -0.3 is 5.32 Å². The Morgan fingerprint density at radius 3 is 2.78 bits per heavy atom. The van der Waals surface area contributed by atoms with E-state index in [2.05, 4.69) is 25.5 Å². The Morgan fingerprint density at radius 2 is 2.09 bits per heavy atom. The highest BCUT2D eigenvalue weighted by Gasteiger charge is 2.36.